The van der Waals surface area contributed by atoms with Gasteiger partial charge in [0.2, 0.25) is 15.9 Å². The van der Waals surface area contributed by atoms with Gasteiger partial charge >= 0.3 is 0 Å². The van der Waals surface area contributed by atoms with Crippen LogP contribution in [0.15, 0.2) is 27.6 Å². The number of nitrogens with two attached hydrogens (primary N) is 1. The predicted molar refractivity (Wildman–Crippen MR) is 77.0 cm³/mol. The first kappa shape index (κ1) is 16.6. The molecule has 3 N–H and O–H groups in total. The Morgan fingerprint density at radius 3 is 2.50 bits per heavy atom. The van der Waals surface area contributed by atoms with Gasteiger partial charge in [0.1, 0.15) is 17.0 Å². The summed E-state index contributed by atoms with van der Waals surface area (Å²) in [5.41, 5.74) is 5.18. The monoisotopic (exact) mass is 359 g/mol. The topological polar surface area (TPSA) is 113 Å². The number of hydrogen-bond donors (Lipinski definition) is 2. The van der Waals surface area contributed by atoms with E-state index in [4.69, 9.17) is 11.0 Å². The lowest BCUT2D eigenvalue weighted by Crippen LogP contribution is -2.47. The number of primary amides is 1. The second-order valence-corrected chi connectivity index (χ2v) is 7.10. The molecule has 0 aliphatic rings. The van der Waals surface area contributed by atoms with Crippen LogP contribution in [0.2, 0.25) is 0 Å². The third-order valence-electron chi connectivity index (χ3n) is 2.61. The summed E-state index contributed by atoms with van der Waals surface area (Å²) in [5, 5.41) is 8.98. The lowest BCUT2D eigenvalue weighted by atomic mass is 10.1. The Morgan fingerprint density at radius 1 is 1.45 bits per heavy atom. The predicted octanol–water partition coefficient (Wildman–Crippen LogP) is 1.11. The van der Waals surface area contributed by atoms with Gasteiger partial charge in [-0.1, -0.05) is 29.8 Å². The minimum Gasteiger partial charge on any atom is -0.368 e. The molecule has 1 rings (SSSR count). The largest absolute Gasteiger partial charge is 0.368 e. The summed E-state index contributed by atoms with van der Waals surface area (Å²) in [5.74, 6) is -1.07. The summed E-state index contributed by atoms with van der Waals surface area (Å²) >= 11 is 3.15. The normalized spacial score (nSPS) is 12.9. The van der Waals surface area contributed by atoms with E-state index in [2.05, 4.69) is 20.7 Å². The molecule has 0 aromatic heterocycles. The van der Waals surface area contributed by atoms with Crippen molar-refractivity contribution in [3.05, 3.63) is 28.2 Å². The first-order chi connectivity index (χ1) is 9.19. The fraction of sp³-hybridized carbons (Fsp3) is 0.333. The van der Waals surface area contributed by atoms with Crippen molar-refractivity contribution in [1.82, 2.24) is 4.72 Å². The highest BCUT2D eigenvalue weighted by Gasteiger charge is 2.28. The van der Waals surface area contributed by atoms with Crippen LogP contribution >= 0.6 is 15.9 Å². The van der Waals surface area contributed by atoms with E-state index in [0.29, 0.717) is 4.47 Å². The van der Waals surface area contributed by atoms with Gasteiger partial charge in [0.15, 0.2) is 0 Å². The van der Waals surface area contributed by atoms with Crippen molar-refractivity contribution in [2.24, 2.45) is 11.7 Å². The molecule has 0 aliphatic heterocycles. The highest BCUT2D eigenvalue weighted by molar-refractivity contribution is 9.10. The Hall–Kier alpha value is -1.43. The van der Waals surface area contributed by atoms with Crippen molar-refractivity contribution in [1.29, 1.82) is 5.26 Å². The van der Waals surface area contributed by atoms with Crippen LogP contribution in [0, 0.1) is 17.2 Å². The molecule has 6 nitrogen and oxygen atoms in total. The maximum Gasteiger partial charge on any atom is 0.242 e. The lowest BCUT2D eigenvalue weighted by molar-refractivity contribution is -0.120. The summed E-state index contributed by atoms with van der Waals surface area (Å²) in [6.45, 7) is 3.34. The number of sulfonamides is 1. The molecule has 1 aromatic rings. The van der Waals surface area contributed by atoms with Gasteiger partial charge in [-0.05, 0) is 24.1 Å². The number of carbonyl (C=O) groups is 1. The van der Waals surface area contributed by atoms with Gasteiger partial charge in [-0.15, -0.1) is 0 Å². The Balaban J connectivity index is 3.28. The Bertz CT molecular complexity index is 665. The zero-order valence-electron chi connectivity index (χ0n) is 10.9. The first-order valence-corrected chi connectivity index (χ1v) is 7.98. The van der Waals surface area contributed by atoms with Crippen molar-refractivity contribution >= 4 is 31.9 Å². The number of rotatable bonds is 5. The summed E-state index contributed by atoms with van der Waals surface area (Å²) in [7, 11) is -4.02. The zero-order chi connectivity index (χ0) is 15.5. The third-order valence-corrected chi connectivity index (χ3v) is 4.58. The molecule has 1 atom stereocenters. The van der Waals surface area contributed by atoms with Crippen LogP contribution in [-0.2, 0) is 14.8 Å². The molecule has 0 saturated heterocycles. The molecule has 0 aliphatic carbocycles. The summed E-state index contributed by atoms with van der Waals surface area (Å²) < 4.78 is 27.3. The average molecular weight is 360 g/mol. The number of nitrogens with one attached hydrogen (secondary N) is 1. The fourth-order valence-corrected chi connectivity index (χ4v) is 3.61. The van der Waals surface area contributed by atoms with E-state index in [9.17, 15) is 13.2 Å². The average Bonchev–Trinajstić information content (AvgIpc) is 2.35. The molecule has 20 heavy (non-hydrogen) atoms. The van der Waals surface area contributed by atoms with Crippen LogP contribution < -0.4 is 10.5 Å². The molecular weight excluding hydrogens is 346 g/mol. The molecular formula is C12H14BrN3O3S. The van der Waals surface area contributed by atoms with E-state index < -0.39 is 22.0 Å². The summed E-state index contributed by atoms with van der Waals surface area (Å²) in [6, 6.07) is 5.02. The molecule has 0 radical (unpaired) electrons. The van der Waals surface area contributed by atoms with Crippen molar-refractivity contribution < 1.29 is 13.2 Å². The second-order valence-electron chi connectivity index (χ2n) is 4.50. The van der Waals surface area contributed by atoms with Crippen LogP contribution in [0.3, 0.4) is 0 Å². The van der Waals surface area contributed by atoms with Gasteiger partial charge < -0.3 is 5.73 Å². The van der Waals surface area contributed by atoms with Crippen molar-refractivity contribution in [3.8, 4) is 6.07 Å². The van der Waals surface area contributed by atoms with Crippen molar-refractivity contribution in [2.75, 3.05) is 0 Å². The molecule has 1 amide bonds. The van der Waals surface area contributed by atoms with Gasteiger partial charge in [-0.3, -0.25) is 4.79 Å². The van der Waals surface area contributed by atoms with E-state index >= 15 is 0 Å². The third kappa shape index (κ3) is 3.79. The molecule has 0 spiro atoms. The maximum atomic E-state index is 12.3. The number of amides is 1. The summed E-state index contributed by atoms with van der Waals surface area (Å²) in [4.78, 5) is 11.1. The van der Waals surface area contributed by atoms with E-state index in [-0.39, 0.29) is 16.4 Å². The molecule has 0 unspecified atom stereocenters. The summed E-state index contributed by atoms with van der Waals surface area (Å²) in [6.07, 6.45) is 0. The van der Waals surface area contributed by atoms with Gasteiger partial charge in [0.05, 0.1) is 5.56 Å². The Kier molecular flexibility index (Phi) is 5.28. The first-order valence-electron chi connectivity index (χ1n) is 5.70. The quantitative estimate of drug-likeness (QED) is 0.819. The van der Waals surface area contributed by atoms with Crippen LogP contribution in [0.25, 0.3) is 0 Å². The maximum absolute atomic E-state index is 12.3. The van der Waals surface area contributed by atoms with Crippen molar-refractivity contribution in [2.45, 2.75) is 24.8 Å². The van der Waals surface area contributed by atoms with Crippen LogP contribution in [0.4, 0.5) is 0 Å². The minimum absolute atomic E-state index is 0.00678. The number of benzene rings is 1. The van der Waals surface area contributed by atoms with Gasteiger partial charge in [0, 0.05) is 4.47 Å². The smallest absolute Gasteiger partial charge is 0.242 e. The minimum atomic E-state index is -4.02. The highest BCUT2D eigenvalue weighted by Crippen LogP contribution is 2.21. The molecule has 1 aromatic carbocycles. The van der Waals surface area contributed by atoms with E-state index in [0.717, 1.165) is 0 Å². The Labute approximate surface area is 126 Å². The lowest BCUT2D eigenvalue weighted by Gasteiger charge is -2.19. The zero-order valence-corrected chi connectivity index (χ0v) is 13.3. The van der Waals surface area contributed by atoms with Crippen molar-refractivity contribution in [3.63, 3.8) is 0 Å². The molecule has 0 saturated carbocycles. The van der Waals surface area contributed by atoms with Gasteiger partial charge in [-0.25, -0.2) is 8.42 Å². The van der Waals surface area contributed by atoms with Crippen LogP contribution in [-0.4, -0.2) is 20.4 Å². The number of halogens is 1. The molecule has 0 bridgehead atoms. The van der Waals surface area contributed by atoms with E-state index in [1.165, 1.54) is 12.1 Å². The number of hydrogen-bond acceptors (Lipinski definition) is 4. The van der Waals surface area contributed by atoms with Gasteiger partial charge in [-0.2, -0.15) is 9.98 Å². The van der Waals surface area contributed by atoms with E-state index in [1.54, 1.807) is 26.0 Å². The number of nitrogens with zero attached hydrogens (tertiary/aromatic N) is 1. The van der Waals surface area contributed by atoms with E-state index in [1.807, 2.05) is 0 Å². The number of carbonyl (C=O) groups excluding carboxylic acids is 1. The molecule has 108 valence electrons. The fourth-order valence-electron chi connectivity index (χ4n) is 1.56. The second kappa shape index (κ2) is 6.35. The number of nitriles is 1. The van der Waals surface area contributed by atoms with Gasteiger partial charge in [0.25, 0.3) is 0 Å². The van der Waals surface area contributed by atoms with Crippen LogP contribution in [0.1, 0.15) is 19.4 Å². The molecule has 0 heterocycles. The highest BCUT2D eigenvalue weighted by atomic mass is 79.9. The molecule has 0 fully saturated rings. The Morgan fingerprint density at radius 2 is 2.05 bits per heavy atom. The standard InChI is InChI=1S/C12H14BrN3O3S/c1-7(2)11(12(15)17)16-20(18,19)10-5-9(13)4-3-8(10)6-14/h3-5,7,11,16H,1-2H3,(H2,15,17)/t11-/m0/s1. The molecule has 8 heteroatoms. The van der Waals surface area contributed by atoms with Crippen LogP contribution in [0.5, 0.6) is 0 Å². The SMILES string of the molecule is CC(C)[C@H](NS(=O)(=O)c1cc(Br)ccc1C#N)C(N)=O.